The van der Waals surface area contributed by atoms with Gasteiger partial charge in [0.25, 0.3) is 0 Å². The van der Waals surface area contributed by atoms with Gasteiger partial charge in [0.05, 0.1) is 5.37 Å². The van der Waals surface area contributed by atoms with E-state index in [2.05, 4.69) is 10.6 Å². The molecule has 1 aliphatic rings. The molecule has 4 N–H and O–H groups in total. The number of thioether (sulfide) groups is 1. The molecule has 21 heavy (non-hydrogen) atoms. The zero-order chi connectivity index (χ0) is 16.2. The minimum Gasteiger partial charge on any atom is -0.480 e. The largest absolute Gasteiger partial charge is 0.480 e. The summed E-state index contributed by atoms with van der Waals surface area (Å²) >= 11 is 1.32. The van der Waals surface area contributed by atoms with E-state index in [0.29, 0.717) is 5.75 Å². The van der Waals surface area contributed by atoms with Gasteiger partial charge in [-0.3, -0.25) is 10.1 Å². The Hall–Kier alpha value is -1.48. The van der Waals surface area contributed by atoms with Crippen molar-refractivity contribution < 1.29 is 29.3 Å². The van der Waals surface area contributed by atoms with Crippen LogP contribution in [0.5, 0.6) is 0 Å². The lowest BCUT2D eigenvalue weighted by Gasteiger charge is -2.23. The Morgan fingerprint density at radius 1 is 1.38 bits per heavy atom. The molecule has 0 saturated carbocycles. The van der Waals surface area contributed by atoms with Gasteiger partial charge in [-0.25, -0.2) is 9.59 Å². The van der Waals surface area contributed by atoms with Crippen LogP contribution in [0.3, 0.4) is 0 Å². The van der Waals surface area contributed by atoms with E-state index >= 15 is 0 Å². The summed E-state index contributed by atoms with van der Waals surface area (Å²) in [6, 6.07) is -1.84. The number of carbonyl (C=O) groups is 3. The third-order valence-corrected chi connectivity index (χ3v) is 3.84. The highest BCUT2D eigenvalue weighted by molar-refractivity contribution is 8.00. The van der Waals surface area contributed by atoms with Gasteiger partial charge in [-0.1, -0.05) is 0 Å². The zero-order valence-electron chi connectivity index (χ0n) is 12.1. The monoisotopic (exact) mass is 320 g/mol. The van der Waals surface area contributed by atoms with Crippen LogP contribution in [0.15, 0.2) is 0 Å². The van der Waals surface area contributed by atoms with Crippen LogP contribution in [0, 0.1) is 0 Å². The van der Waals surface area contributed by atoms with Crippen molar-refractivity contribution in [1.82, 2.24) is 10.6 Å². The Kier molecular flexibility index (Phi) is 5.85. The van der Waals surface area contributed by atoms with Gasteiger partial charge in [0.1, 0.15) is 17.7 Å². The van der Waals surface area contributed by atoms with E-state index in [9.17, 15) is 14.4 Å². The van der Waals surface area contributed by atoms with Gasteiger partial charge >= 0.3 is 18.0 Å². The molecular weight excluding hydrogens is 300 g/mol. The molecule has 0 aromatic heterocycles. The molecule has 120 valence electrons. The van der Waals surface area contributed by atoms with Crippen LogP contribution in [0.4, 0.5) is 4.79 Å². The van der Waals surface area contributed by atoms with Crippen LogP contribution in [-0.4, -0.2) is 57.1 Å². The highest BCUT2D eigenvalue weighted by Crippen LogP contribution is 2.23. The number of carbonyl (C=O) groups excluding carboxylic acids is 1. The first-order chi connectivity index (χ1) is 9.58. The van der Waals surface area contributed by atoms with Crippen molar-refractivity contribution in [3.63, 3.8) is 0 Å². The molecule has 1 unspecified atom stereocenters. The molecule has 1 rings (SSSR count). The molecule has 0 aliphatic carbocycles. The molecule has 3 atom stereocenters. The SMILES string of the molecule is CC(C)(C)OC(=O)N[C@H](CC1N[C@H](C(=O)O)CS1)C(=O)O. The smallest absolute Gasteiger partial charge is 0.408 e. The van der Waals surface area contributed by atoms with Crippen LogP contribution < -0.4 is 10.6 Å². The summed E-state index contributed by atoms with van der Waals surface area (Å²) in [6.45, 7) is 5.02. The van der Waals surface area contributed by atoms with E-state index in [1.54, 1.807) is 20.8 Å². The van der Waals surface area contributed by atoms with Crippen LogP contribution in [-0.2, 0) is 14.3 Å². The molecule has 9 heteroatoms. The fourth-order valence-corrected chi connectivity index (χ4v) is 2.95. The van der Waals surface area contributed by atoms with E-state index in [1.165, 1.54) is 11.8 Å². The van der Waals surface area contributed by atoms with Crippen molar-refractivity contribution in [3.05, 3.63) is 0 Å². The van der Waals surface area contributed by atoms with Crippen LogP contribution in [0.1, 0.15) is 27.2 Å². The first-order valence-corrected chi connectivity index (χ1v) is 7.46. The summed E-state index contributed by atoms with van der Waals surface area (Å²) in [5, 5.41) is 22.7. The molecule has 0 spiro atoms. The molecule has 0 aromatic carbocycles. The highest BCUT2D eigenvalue weighted by Gasteiger charge is 2.33. The van der Waals surface area contributed by atoms with Crippen molar-refractivity contribution in [3.8, 4) is 0 Å². The standard InChI is InChI=1S/C12H20N2O6S/c1-12(2,3)20-11(19)14-6(9(15)16)4-8-13-7(5-21-8)10(17)18/h6-8,13H,4-5H2,1-3H3,(H,14,19)(H,15,16)(H,17,18)/t6-,7+,8?/m1/s1. The number of ether oxygens (including phenoxy) is 1. The quantitative estimate of drug-likeness (QED) is 0.576. The van der Waals surface area contributed by atoms with Gasteiger partial charge in [0.2, 0.25) is 0 Å². The minimum atomic E-state index is -1.19. The molecule has 1 saturated heterocycles. The van der Waals surface area contributed by atoms with Crippen molar-refractivity contribution in [2.24, 2.45) is 0 Å². The Balaban J connectivity index is 2.53. The predicted octanol–water partition coefficient (Wildman–Crippen LogP) is 0.470. The molecule has 0 aromatic rings. The zero-order valence-corrected chi connectivity index (χ0v) is 12.9. The first-order valence-electron chi connectivity index (χ1n) is 6.41. The number of nitrogens with one attached hydrogen (secondary N) is 2. The topological polar surface area (TPSA) is 125 Å². The molecule has 1 fully saturated rings. The Morgan fingerprint density at radius 3 is 2.43 bits per heavy atom. The molecule has 0 radical (unpaired) electrons. The maximum Gasteiger partial charge on any atom is 0.408 e. The van der Waals surface area contributed by atoms with E-state index in [4.69, 9.17) is 14.9 Å². The number of rotatable bonds is 5. The fraction of sp³-hybridized carbons (Fsp3) is 0.750. The average Bonchev–Trinajstić information content (AvgIpc) is 2.74. The van der Waals surface area contributed by atoms with Gasteiger partial charge in [-0.2, -0.15) is 0 Å². The molecule has 0 bridgehead atoms. The number of carboxylic acids is 2. The normalized spacial score (nSPS) is 23.4. The van der Waals surface area contributed by atoms with Crippen molar-refractivity contribution in [2.45, 2.75) is 50.3 Å². The number of alkyl carbamates (subject to hydrolysis) is 1. The van der Waals surface area contributed by atoms with Gasteiger partial charge in [-0.15, -0.1) is 11.8 Å². The third kappa shape index (κ3) is 6.21. The lowest BCUT2D eigenvalue weighted by atomic mass is 10.2. The number of carboxylic acid groups (broad SMARTS) is 2. The first kappa shape index (κ1) is 17.6. The minimum absolute atomic E-state index is 0.0724. The lowest BCUT2D eigenvalue weighted by molar-refractivity contribution is -0.139. The third-order valence-electron chi connectivity index (χ3n) is 2.59. The molecule has 1 aliphatic heterocycles. The summed E-state index contributed by atoms with van der Waals surface area (Å²) < 4.78 is 5.01. The predicted molar refractivity (Wildman–Crippen MR) is 76.2 cm³/mol. The van der Waals surface area contributed by atoms with Crippen LogP contribution in [0.25, 0.3) is 0 Å². The number of amides is 1. The Bertz CT molecular complexity index is 422. The Morgan fingerprint density at radius 2 is 2.00 bits per heavy atom. The molecule has 1 amide bonds. The van der Waals surface area contributed by atoms with E-state index in [1.807, 2.05) is 0 Å². The number of hydrogen-bond donors (Lipinski definition) is 4. The number of aliphatic carboxylic acids is 2. The van der Waals surface area contributed by atoms with Crippen LogP contribution in [0.2, 0.25) is 0 Å². The highest BCUT2D eigenvalue weighted by atomic mass is 32.2. The van der Waals surface area contributed by atoms with Gasteiger partial charge in [-0.05, 0) is 20.8 Å². The van der Waals surface area contributed by atoms with Crippen molar-refractivity contribution in [1.29, 1.82) is 0 Å². The van der Waals surface area contributed by atoms with Gasteiger partial charge < -0.3 is 20.3 Å². The summed E-state index contributed by atoms with van der Waals surface area (Å²) in [6.07, 6.45) is -0.740. The second-order valence-electron chi connectivity index (χ2n) is 5.65. The lowest BCUT2D eigenvalue weighted by Crippen LogP contribution is -2.47. The molecule has 8 nitrogen and oxygen atoms in total. The van der Waals surface area contributed by atoms with Gasteiger partial charge in [0, 0.05) is 12.2 Å². The van der Waals surface area contributed by atoms with Crippen molar-refractivity contribution >= 4 is 29.8 Å². The van der Waals surface area contributed by atoms with E-state index in [-0.39, 0.29) is 11.8 Å². The van der Waals surface area contributed by atoms with Crippen molar-refractivity contribution in [2.75, 3.05) is 5.75 Å². The second kappa shape index (κ2) is 6.99. The second-order valence-corrected chi connectivity index (χ2v) is 6.89. The summed E-state index contributed by atoms with van der Waals surface area (Å²) in [5.41, 5.74) is -0.720. The van der Waals surface area contributed by atoms with Gasteiger partial charge in [0.15, 0.2) is 0 Å². The molecule has 1 heterocycles. The summed E-state index contributed by atoms with van der Waals surface area (Å²) in [7, 11) is 0. The van der Waals surface area contributed by atoms with E-state index < -0.39 is 35.7 Å². The maximum atomic E-state index is 11.6. The maximum absolute atomic E-state index is 11.6. The molecular formula is C12H20N2O6S. The Labute approximate surface area is 126 Å². The fourth-order valence-electron chi connectivity index (χ4n) is 1.70. The van der Waals surface area contributed by atoms with E-state index in [0.717, 1.165) is 0 Å². The van der Waals surface area contributed by atoms with Crippen LogP contribution >= 0.6 is 11.8 Å². The number of hydrogen-bond acceptors (Lipinski definition) is 6. The average molecular weight is 320 g/mol. The summed E-state index contributed by atoms with van der Waals surface area (Å²) in [4.78, 5) is 33.6. The summed E-state index contributed by atoms with van der Waals surface area (Å²) in [5.74, 6) is -1.81.